The Hall–Kier alpha value is -2.62. The minimum Gasteiger partial charge on any atom is -0.623 e. The Morgan fingerprint density at radius 2 is 1.30 bits per heavy atom. The van der Waals surface area contributed by atoms with Gasteiger partial charge in [-0.2, -0.15) is 4.74 Å². The number of hydroxylamine groups is 2. The van der Waals surface area contributed by atoms with E-state index in [-0.39, 0.29) is 6.04 Å². The molecule has 1 aliphatic heterocycles. The lowest BCUT2D eigenvalue weighted by Crippen LogP contribution is -2.58. The van der Waals surface area contributed by atoms with E-state index in [1.807, 2.05) is 81.4 Å². The van der Waals surface area contributed by atoms with Crippen molar-refractivity contribution in [1.29, 1.82) is 0 Å². The summed E-state index contributed by atoms with van der Waals surface area (Å²) in [7, 11) is 0. The molecular weight excluding hydrogens is 288 g/mol. The van der Waals surface area contributed by atoms with Crippen molar-refractivity contribution < 1.29 is 14.7 Å². The fraction of sp³-hybridized carbons (Fsp3) is 0.263. The Balaban J connectivity index is 2.32. The van der Waals surface area contributed by atoms with Crippen molar-refractivity contribution in [1.82, 2.24) is 0 Å². The first-order valence-corrected chi connectivity index (χ1v) is 7.75. The fourth-order valence-electron chi connectivity index (χ4n) is 2.87. The smallest absolute Gasteiger partial charge is 0.330 e. The Bertz CT molecular complexity index is 778. The number of hydrogen-bond acceptors (Lipinski definition) is 2. The lowest BCUT2D eigenvalue weighted by molar-refractivity contribution is -0.826. The Labute approximate surface area is 136 Å². The summed E-state index contributed by atoms with van der Waals surface area (Å²) in [5.41, 5.74) is 1.89. The SMILES string of the molecule is C[C@H]1[N+](O)=C(c2ccccc2)C(c2ccccc2)=[N+]([O-])C1(C)C. The van der Waals surface area contributed by atoms with Crippen LogP contribution in [0.1, 0.15) is 31.9 Å². The average molecular weight is 309 g/mol. The molecule has 4 heteroatoms. The van der Waals surface area contributed by atoms with Crippen molar-refractivity contribution in [2.75, 3.05) is 0 Å². The maximum Gasteiger partial charge on any atom is 0.330 e. The first-order chi connectivity index (χ1) is 10.9. The van der Waals surface area contributed by atoms with Crippen LogP contribution in [0.3, 0.4) is 0 Å². The van der Waals surface area contributed by atoms with Crippen LogP contribution in [0, 0.1) is 5.21 Å². The minimum absolute atomic E-state index is 0.345. The summed E-state index contributed by atoms with van der Waals surface area (Å²) in [5, 5.41) is 23.9. The molecule has 0 radical (unpaired) electrons. The number of rotatable bonds is 2. The summed E-state index contributed by atoms with van der Waals surface area (Å²) >= 11 is 0. The van der Waals surface area contributed by atoms with Crippen LogP contribution in [0.2, 0.25) is 0 Å². The van der Waals surface area contributed by atoms with E-state index in [1.54, 1.807) is 0 Å². The Morgan fingerprint density at radius 1 is 0.870 bits per heavy atom. The molecular formula is C19H21N2O2+. The maximum atomic E-state index is 13.1. The van der Waals surface area contributed by atoms with Gasteiger partial charge in [0.1, 0.15) is 0 Å². The fourth-order valence-corrected chi connectivity index (χ4v) is 2.87. The van der Waals surface area contributed by atoms with Gasteiger partial charge in [0, 0.05) is 20.8 Å². The number of hydrogen-bond donors (Lipinski definition) is 1. The Kier molecular flexibility index (Phi) is 3.68. The Morgan fingerprint density at radius 3 is 1.78 bits per heavy atom. The summed E-state index contributed by atoms with van der Waals surface area (Å²) in [6.07, 6.45) is 0. The molecule has 2 aromatic carbocycles. The van der Waals surface area contributed by atoms with Gasteiger partial charge in [-0.15, -0.1) is 0 Å². The molecule has 1 N–H and O–H groups in total. The van der Waals surface area contributed by atoms with Gasteiger partial charge in [0.15, 0.2) is 0 Å². The molecule has 4 nitrogen and oxygen atoms in total. The van der Waals surface area contributed by atoms with E-state index in [1.165, 1.54) is 4.74 Å². The van der Waals surface area contributed by atoms with Crippen molar-refractivity contribution in [3.8, 4) is 0 Å². The molecule has 0 saturated carbocycles. The van der Waals surface area contributed by atoms with Crippen LogP contribution >= 0.6 is 0 Å². The van der Waals surface area contributed by atoms with Gasteiger partial charge >= 0.3 is 5.71 Å². The molecule has 1 aliphatic rings. The van der Waals surface area contributed by atoms with E-state index in [0.29, 0.717) is 11.4 Å². The van der Waals surface area contributed by atoms with Gasteiger partial charge in [0.05, 0.1) is 11.1 Å². The number of benzene rings is 2. The van der Waals surface area contributed by atoms with Crippen LogP contribution < -0.4 is 0 Å². The molecule has 23 heavy (non-hydrogen) atoms. The third-order valence-electron chi connectivity index (χ3n) is 4.66. The van der Waals surface area contributed by atoms with Crippen molar-refractivity contribution in [2.24, 2.45) is 0 Å². The molecule has 2 aromatic rings. The highest BCUT2D eigenvalue weighted by Gasteiger charge is 2.53. The van der Waals surface area contributed by atoms with E-state index in [2.05, 4.69) is 0 Å². The quantitative estimate of drug-likeness (QED) is 0.526. The zero-order chi connectivity index (χ0) is 16.6. The van der Waals surface area contributed by atoms with Crippen molar-refractivity contribution >= 4 is 11.4 Å². The molecule has 0 fully saturated rings. The summed E-state index contributed by atoms with van der Waals surface area (Å²) in [4.78, 5) is 0. The van der Waals surface area contributed by atoms with Gasteiger partial charge in [0.2, 0.25) is 5.54 Å². The van der Waals surface area contributed by atoms with Gasteiger partial charge in [-0.05, 0) is 29.0 Å². The monoisotopic (exact) mass is 309 g/mol. The van der Waals surface area contributed by atoms with E-state index >= 15 is 0 Å². The summed E-state index contributed by atoms with van der Waals surface area (Å²) in [6.45, 7) is 5.55. The molecule has 0 saturated heterocycles. The third kappa shape index (κ3) is 2.40. The van der Waals surface area contributed by atoms with Crippen LogP contribution in [0.5, 0.6) is 0 Å². The predicted octanol–water partition coefficient (Wildman–Crippen LogP) is 3.06. The molecule has 0 bridgehead atoms. The molecule has 118 valence electrons. The predicted molar refractivity (Wildman–Crippen MR) is 90.3 cm³/mol. The molecule has 0 unspecified atom stereocenters. The molecule has 3 rings (SSSR count). The zero-order valence-electron chi connectivity index (χ0n) is 13.6. The highest BCUT2D eigenvalue weighted by molar-refractivity contribution is 6.50. The van der Waals surface area contributed by atoms with Gasteiger partial charge in [-0.1, -0.05) is 36.4 Å². The highest BCUT2D eigenvalue weighted by atomic mass is 16.5. The van der Waals surface area contributed by atoms with Gasteiger partial charge in [-0.25, -0.2) is 0 Å². The second-order valence-electron chi connectivity index (χ2n) is 6.40. The van der Waals surface area contributed by atoms with E-state index in [0.717, 1.165) is 15.9 Å². The lowest BCUT2D eigenvalue weighted by Gasteiger charge is -2.31. The largest absolute Gasteiger partial charge is 0.623 e. The van der Waals surface area contributed by atoms with Crippen LogP contribution in [-0.2, 0) is 0 Å². The van der Waals surface area contributed by atoms with Gasteiger partial charge in [-0.3, -0.25) is 5.21 Å². The second-order valence-corrected chi connectivity index (χ2v) is 6.40. The van der Waals surface area contributed by atoms with Crippen LogP contribution in [0.15, 0.2) is 60.7 Å². The molecule has 1 atom stereocenters. The maximum absolute atomic E-state index is 13.1. The van der Waals surface area contributed by atoms with E-state index in [4.69, 9.17) is 0 Å². The molecule has 1 heterocycles. The van der Waals surface area contributed by atoms with E-state index in [9.17, 15) is 10.4 Å². The third-order valence-corrected chi connectivity index (χ3v) is 4.66. The van der Waals surface area contributed by atoms with Gasteiger partial charge in [0.25, 0.3) is 11.8 Å². The van der Waals surface area contributed by atoms with Crippen LogP contribution in [0.25, 0.3) is 0 Å². The first kappa shape index (κ1) is 15.3. The van der Waals surface area contributed by atoms with Crippen LogP contribution in [0.4, 0.5) is 0 Å². The minimum atomic E-state index is -0.752. The molecule has 0 aromatic heterocycles. The van der Waals surface area contributed by atoms with Gasteiger partial charge < -0.3 is 5.21 Å². The van der Waals surface area contributed by atoms with Crippen LogP contribution in [-0.4, -0.2) is 37.7 Å². The average Bonchev–Trinajstić information content (AvgIpc) is 2.58. The van der Waals surface area contributed by atoms with Crippen molar-refractivity contribution in [2.45, 2.75) is 32.4 Å². The topological polar surface area (TPSA) is 49.3 Å². The number of nitrogens with zero attached hydrogens (tertiary/aromatic N) is 2. The van der Waals surface area contributed by atoms with E-state index < -0.39 is 5.54 Å². The summed E-state index contributed by atoms with van der Waals surface area (Å²) in [6, 6.07) is 18.7. The normalized spacial score (nSPS) is 20.7. The zero-order valence-corrected chi connectivity index (χ0v) is 13.6. The molecule has 0 aliphatic carbocycles. The van der Waals surface area contributed by atoms with Crippen molar-refractivity contribution in [3.63, 3.8) is 0 Å². The van der Waals surface area contributed by atoms with Crippen molar-refractivity contribution in [3.05, 3.63) is 77.0 Å². The molecule has 0 amide bonds. The summed E-state index contributed by atoms with van der Waals surface area (Å²) < 4.78 is 2.26. The highest BCUT2D eigenvalue weighted by Crippen LogP contribution is 2.24. The standard InChI is InChI=1S/C19H21N2O2/c1-14-19(2,3)21(23)18(16-12-8-5-9-13-16)17(20(14)22)15-10-6-4-7-11-15/h4-14,22H,1-3H3/q+1/t14-/m1/s1. The molecule has 0 spiro atoms. The lowest BCUT2D eigenvalue weighted by atomic mass is 9.89. The summed E-state index contributed by atoms with van der Waals surface area (Å²) in [5.74, 6) is 0. The first-order valence-electron chi connectivity index (χ1n) is 7.75. The second kappa shape index (κ2) is 5.54.